The van der Waals surface area contributed by atoms with Crippen molar-refractivity contribution in [1.82, 2.24) is 14.6 Å². The predicted octanol–water partition coefficient (Wildman–Crippen LogP) is 0.591. The number of nitrogens with zero attached hydrogens (tertiary/aromatic N) is 3. The van der Waals surface area contributed by atoms with Gasteiger partial charge in [0, 0.05) is 31.5 Å². The maximum Gasteiger partial charge on any atom is 0.269 e. The van der Waals surface area contributed by atoms with Crippen molar-refractivity contribution in [3.05, 3.63) is 58.6 Å². The van der Waals surface area contributed by atoms with Crippen molar-refractivity contribution in [2.45, 2.75) is 0 Å². The highest BCUT2D eigenvalue weighted by Gasteiger charge is 2.18. The number of morpholine rings is 1. The number of anilines is 1. The van der Waals surface area contributed by atoms with E-state index in [-0.39, 0.29) is 11.5 Å². The third-order valence-electron chi connectivity index (χ3n) is 3.37. The molecule has 0 unspecified atom stereocenters. The molecule has 0 saturated carbocycles. The maximum atomic E-state index is 12.3. The minimum absolute atomic E-state index is 0.0563. The summed E-state index contributed by atoms with van der Waals surface area (Å²) in [6, 6.07) is 8.22. The van der Waals surface area contributed by atoms with Crippen LogP contribution in [0.4, 0.5) is 5.82 Å². The van der Waals surface area contributed by atoms with Crippen molar-refractivity contribution in [1.29, 1.82) is 0 Å². The summed E-state index contributed by atoms with van der Waals surface area (Å²) < 4.78 is 6.56. The number of rotatable bonds is 3. The molecular weight excluding hydrogens is 284 g/mol. The lowest BCUT2D eigenvalue weighted by Gasteiger charge is -2.26. The van der Waals surface area contributed by atoms with Gasteiger partial charge in [0.15, 0.2) is 0 Å². The van der Waals surface area contributed by atoms with Gasteiger partial charge >= 0.3 is 0 Å². The highest BCUT2D eigenvalue weighted by molar-refractivity contribution is 5.94. The van der Waals surface area contributed by atoms with Crippen LogP contribution in [0, 0.1) is 0 Å². The minimum Gasteiger partial charge on any atom is -0.378 e. The van der Waals surface area contributed by atoms with Crippen molar-refractivity contribution < 1.29 is 9.53 Å². The summed E-state index contributed by atoms with van der Waals surface area (Å²) in [5.74, 6) is 0.436. The molecule has 114 valence electrons. The van der Waals surface area contributed by atoms with Gasteiger partial charge in [-0.2, -0.15) is 0 Å². The van der Waals surface area contributed by atoms with Gasteiger partial charge in [0.05, 0.1) is 18.8 Å². The first-order valence-corrected chi connectivity index (χ1v) is 7.02. The fourth-order valence-electron chi connectivity index (χ4n) is 2.18. The average Bonchev–Trinajstić information content (AvgIpc) is 2.58. The molecule has 0 aliphatic carbocycles. The summed E-state index contributed by atoms with van der Waals surface area (Å²) >= 11 is 0. The quantitative estimate of drug-likeness (QED) is 0.898. The monoisotopic (exact) mass is 300 g/mol. The summed E-state index contributed by atoms with van der Waals surface area (Å²) in [7, 11) is 0. The van der Waals surface area contributed by atoms with E-state index < -0.39 is 0 Å². The Morgan fingerprint density at radius 1 is 1.18 bits per heavy atom. The molecule has 7 heteroatoms. The first kappa shape index (κ1) is 14.3. The third-order valence-corrected chi connectivity index (χ3v) is 3.37. The number of aromatic nitrogens is 2. The number of carbonyl (C=O) groups excluding carboxylic acids is 1. The number of pyridine rings is 2. The van der Waals surface area contributed by atoms with Gasteiger partial charge in [0.1, 0.15) is 5.82 Å². The van der Waals surface area contributed by atoms with Gasteiger partial charge in [-0.1, -0.05) is 6.07 Å². The highest BCUT2D eigenvalue weighted by atomic mass is 16.5. The lowest BCUT2D eigenvalue weighted by atomic mass is 10.2. The largest absolute Gasteiger partial charge is 0.378 e. The Bertz CT molecular complexity index is 705. The Balaban J connectivity index is 1.71. The first-order chi connectivity index (χ1) is 10.7. The zero-order chi connectivity index (χ0) is 15.4. The summed E-state index contributed by atoms with van der Waals surface area (Å²) in [5, 5.41) is 0. The number of nitrogens with one attached hydrogen (secondary N) is 1. The lowest BCUT2D eigenvalue weighted by molar-refractivity contribution is 0.0302. The smallest absolute Gasteiger partial charge is 0.269 e. The van der Waals surface area contributed by atoms with Crippen LogP contribution >= 0.6 is 0 Å². The second-order valence-electron chi connectivity index (χ2n) is 4.86. The molecule has 0 spiro atoms. The molecule has 2 aromatic heterocycles. The second-order valence-corrected chi connectivity index (χ2v) is 4.86. The van der Waals surface area contributed by atoms with E-state index in [0.29, 0.717) is 37.7 Å². The van der Waals surface area contributed by atoms with Crippen LogP contribution in [0.3, 0.4) is 0 Å². The van der Waals surface area contributed by atoms with E-state index in [0.717, 1.165) is 0 Å². The van der Waals surface area contributed by atoms with Gasteiger partial charge < -0.3 is 9.64 Å². The lowest BCUT2D eigenvalue weighted by Crippen LogP contribution is -2.40. The van der Waals surface area contributed by atoms with Crippen LogP contribution in [-0.2, 0) is 4.74 Å². The third kappa shape index (κ3) is 3.15. The zero-order valence-electron chi connectivity index (χ0n) is 11.9. The van der Waals surface area contributed by atoms with Gasteiger partial charge in [-0.15, -0.1) is 0 Å². The fourth-order valence-corrected chi connectivity index (χ4v) is 2.18. The fraction of sp³-hybridized carbons (Fsp3) is 0.267. The Hall–Kier alpha value is -2.67. The van der Waals surface area contributed by atoms with Crippen molar-refractivity contribution in [3.8, 4) is 0 Å². The molecule has 0 radical (unpaired) electrons. The van der Waals surface area contributed by atoms with Gasteiger partial charge in [0.2, 0.25) is 0 Å². The Labute approximate surface area is 127 Å². The molecule has 1 aliphatic heterocycles. The van der Waals surface area contributed by atoms with E-state index >= 15 is 0 Å². The Morgan fingerprint density at radius 2 is 2.00 bits per heavy atom. The molecule has 1 amide bonds. The summed E-state index contributed by atoms with van der Waals surface area (Å²) in [5.41, 5.74) is 3.20. The molecule has 22 heavy (non-hydrogen) atoms. The molecule has 0 bridgehead atoms. The van der Waals surface area contributed by atoms with E-state index in [1.807, 2.05) is 0 Å². The Kier molecular flexibility index (Phi) is 4.15. The molecule has 3 heterocycles. The van der Waals surface area contributed by atoms with Gasteiger partial charge in [-0.05, 0) is 18.2 Å². The van der Waals surface area contributed by atoms with Crippen LogP contribution < -0.4 is 11.0 Å². The topological polar surface area (TPSA) is 76.5 Å². The molecule has 0 atom stereocenters. The normalized spacial score (nSPS) is 14.6. The van der Waals surface area contributed by atoms with E-state index in [1.54, 1.807) is 35.4 Å². The average molecular weight is 300 g/mol. The second kappa shape index (κ2) is 6.40. The SMILES string of the molecule is O=C(c1ccc(Nn2ccccc2=O)nc1)N1CCOCC1. The van der Waals surface area contributed by atoms with Crippen LogP contribution in [0.25, 0.3) is 0 Å². The van der Waals surface area contributed by atoms with Crippen LogP contribution in [-0.4, -0.2) is 46.8 Å². The summed E-state index contributed by atoms with van der Waals surface area (Å²) in [4.78, 5) is 29.8. The van der Waals surface area contributed by atoms with Crippen molar-refractivity contribution in [2.75, 3.05) is 31.7 Å². The number of amides is 1. The van der Waals surface area contributed by atoms with Crippen LogP contribution in [0.2, 0.25) is 0 Å². The van der Waals surface area contributed by atoms with E-state index in [9.17, 15) is 9.59 Å². The molecule has 1 saturated heterocycles. The molecule has 7 nitrogen and oxygen atoms in total. The molecule has 1 N–H and O–H groups in total. The van der Waals surface area contributed by atoms with Gasteiger partial charge in [-0.25, -0.2) is 9.66 Å². The van der Waals surface area contributed by atoms with Crippen LogP contribution in [0.5, 0.6) is 0 Å². The molecule has 1 aliphatic rings. The molecule has 0 aromatic carbocycles. The van der Waals surface area contributed by atoms with Crippen molar-refractivity contribution in [3.63, 3.8) is 0 Å². The molecule has 2 aromatic rings. The number of ether oxygens (including phenoxy) is 1. The number of hydrogen-bond acceptors (Lipinski definition) is 5. The maximum absolute atomic E-state index is 12.3. The summed E-state index contributed by atoms with van der Waals surface area (Å²) in [6.45, 7) is 2.32. The highest BCUT2D eigenvalue weighted by Crippen LogP contribution is 2.09. The molecular formula is C15H16N4O3. The predicted molar refractivity (Wildman–Crippen MR) is 80.7 cm³/mol. The van der Waals surface area contributed by atoms with E-state index in [4.69, 9.17) is 4.74 Å². The van der Waals surface area contributed by atoms with Crippen LogP contribution in [0.15, 0.2) is 47.5 Å². The first-order valence-electron chi connectivity index (χ1n) is 7.02. The minimum atomic E-state index is -0.183. The molecule has 1 fully saturated rings. The van der Waals surface area contributed by atoms with Crippen molar-refractivity contribution >= 4 is 11.7 Å². The van der Waals surface area contributed by atoms with Crippen LogP contribution in [0.1, 0.15) is 10.4 Å². The van der Waals surface area contributed by atoms with Crippen molar-refractivity contribution in [2.24, 2.45) is 0 Å². The number of hydrogen-bond donors (Lipinski definition) is 1. The molecule has 3 rings (SSSR count). The van der Waals surface area contributed by atoms with Gasteiger partial charge in [0.25, 0.3) is 11.5 Å². The van der Waals surface area contributed by atoms with Gasteiger partial charge in [-0.3, -0.25) is 15.0 Å². The zero-order valence-corrected chi connectivity index (χ0v) is 11.9. The van der Waals surface area contributed by atoms with E-state index in [1.165, 1.54) is 16.9 Å². The van der Waals surface area contributed by atoms with E-state index in [2.05, 4.69) is 10.4 Å². The standard InChI is InChI=1S/C15H16N4O3/c20-14-3-1-2-6-19(14)17-13-5-4-12(11-16-13)15(21)18-7-9-22-10-8-18/h1-6,11H,7-10H2,(H,16,17). The summed E-state index contributed by atoms with van der Waals surface area (Å²) in [6.07, 6.45) is 3.12. The Morgan fingerprint density at radius 3 is 2.68 bits per heavy atom. The number of carbonyl (C=O) groups is 1.